The molecule has 0 saturated heterocycles. The van der Waals surface area contributed by atoms with Gasteiger partial charge >= 0.3 is 0 Å². The van der Waals surface area contributed by atoms with Crippen molar-refractivity contribution in [2.24, 2.45) is 0 Å². The normalized spacial score (nSPS) is 12.6. The fraction of sp³-hybridized carbons (Fsp3) is 0.235. The summed E-state index contributed by atoms with van der Waals surface area (Å²) < 4.78 is 16.2. The molecular weight excluding hydrogens is 282 g/mol. The van der Waals surface area contributed by atoms with Crippen LogP contribution >= 0.6 is 0 Å². The van der Waals surface area contributed by atoms with Gasteiger partial charge in [0.15, 0.2) is 11.5 Å². The van der Waals surface area contributed by atoms with E-state index in [1.54, 1.807) is 43.5 Å². The van der Waals surface area contributed by atoms with Gasteiger partial charge in [-0.05, 0) is 42.8 Å². The molecule has 2 aromatic carbocycles. The quantitative estimate of drug-likeness (QED) is 0.946. The Labute approximate surface area is 128 Å². The third-order valence-electron chi connectivity index (χ3n) is 3.46. The highest BCUT2D eigenvalue weighted by Crippen LogP contribution is 2.32. The first kappa shape index (κ1) is 14.3. The van der Waals surface area contributed by atoms with E-state index in [9.17, 15) is 4.79 Å². The lowest BCUT2D eigenvalue weighted by Crippen LogP contribution is -2.16. The van der Waals surface area contributed by atoms with E-state index in [1.165, 1.54) is 0 Å². The summed E-state index contributed by atoms with van der Waals surface area (Å²) in [5, 5.41) is 2.86. The lowest BCUT2D eigenvalue weighted by molar-refractivity contribution is 0.102. The molecule has 1 heterocycles. The van der Waals surface area contributed by atoms with Crippen molar-refractivity contribution in [3.8, 4) is 17.2 Å². The van der Waals surface area contributed by atoms with Gasteiger partial charge in [0.05, 0.1) is 7.11 Å². The number of benzene rings is 2. The van der Waals surface area contributed by atoms with Crippen LogP contribution in [0.2, 0.25) is 0 Å². The van der Waals surface area contributed by atoms with Gasteiger partial charge in [-0.15, -0.1) is 0 Å². The zero-order valence-electron chi connectivity index (χ0n) is 12.5. The summed E-state index contributed by atoms with van der Waals surface area (Å²) >= 11 is 0. The zero-order chi connectivity index (χ0) is 15.5. The number of fused-ring (bicyclic) bond motifs is 1. The number of amides is 1. The lowest BCUT2D eigenvalue weighted by atomic mass is 10.1. The average molecular weight is 299 g/mol. The van der Waals surface area contributed by atoms with Crippen LogP contribution in [-0.2, 0) is 0 Å². The minimum Gasteiger partial charge on any atom is -0.496 e. The summed E-state index contributed by atoms with van der Waals surface area (Å²) in [7, 11) is 1.61. The fourth-order valence-corrected chi connectivity index (χ4v) is 2.34. The van der Waals surface area contributed by atoms with Gasteiger partial charge in [-0.1, -0.05) is 0 Å². The van der Waals surface area contributed by atoms with Crippen LogP contribution in [0, 0.1) is 6.92 Å². The third kappa shape index (κ3) is 2.83. The Bertz CT molecular complexity index is 712. The van der Waals surface area contributed by atoms with Crippen molar-refractivity contribution in [1.29, 1.82) is 0 Å². The number of hydrogen-bond acceptors (Lipinski definition) is 4. The fourth-order valence-electron chi connectivity index (χ4n) is 2.34. The van der Waals surface area contributed by atoms with Gasteiger partial charge < -0.3 is 19.5 Å². The highest BCUT2D eigenvalue weighted by atomic mass is 16.6. The van der Waals surface area contributed by atoms with Crippen molar-refractivity contribution < 1.29 is 19.0 Å². The molecule has 2 aromatic rings. The molecule has 1 N–H and O–H groups in total. The summed E-state index contributed by atoms with van der Waals surface area (Å²) in [4.78, 5) is 12.3. The van der Waals surface area contributed by atoms with Gasteiger partial charge in [0.2, 0.25) is 0 Å². The molecule has 0 spiro atoms. The van der Waals surface area contributed by atoms with E-state index in [-0.39, 0.29) is 5.91 Å². The van der Waals surface area contributed by atoms with Crippen molar-refractivity contribution in [3.05, 3.63) is 47.5 Å². The molecule has 0 bridgehead atoms. The monoisotopic (exact) mass is 299 g/mol. The smallest absolute Gasteiger partial charge is 0.255 e. The first-order valence-corrected chi connectivity index (χ1v) is 7.03. The number of methoxy groups -OCH3 is 1. The summed E-state index contributed by atoms with van der Waals surface area (Å²) in [5.41, 5.74) is 2.16. The Morgan fingerprint density at radius 2 is 1.86 bits per heavy atom. The summed E-state index contributed by atoms with van der Waals surface area (Å²) in [6.07, 6.45) is 0. The molecule has 22 heavy (non-hydrogen) atoms. The number of aryl methyl sites for hydroxylation is 1. The Balaban J connectivity index is 1.78. The predicted octanol–water partition coefficient (Wildman–Crippen LogP) is 3.03. The van der Waals surface area contributed by atoms with E-state index < -0.39 is 0 Å². The number of ether oxygens (including phenoxy) is 3. The molecule has 0 unspecified atom stereocenters. The second kappa shape index (κ2) is 5.97. The van der Waals surface area contributed by atoms with Crippen molar-refractivity contribution in [2.75, 3.05) is 25.6 Å². The van der Waals surface area contributed by atoms with Crippen molar-refractivity contribution in [3.63, 3.8) is 0 Å². The maximum Gasteiger partial charge on any atom is 0.255 e. The number of carbonyl (C=O) groups excluding carboxylic acids is 1. The first-order valence-electron chi connectivity index (χ1n) is 7.03. The predicted molar refractivity (Wildman–Crippen MR) is 83.1 cm³/mol. The average Bonchev–Trinajstić information content (AvgIpc) is 2.54. The van der Waals surface area contributed by atoms with Gasteiger partial charge in [-0.3, -0.25) is 4.79 Å². The Morgan fingerprint density at radius 3 is 2.59 bits per heavy atom. The van der Waals surface area contributed by atoms with E-state index >= 15 is 0 Å². The van der Waals surface area contributed by atoms with Crippen molar-refractivity contribution in [1.82, 2.24) is 0 Å². The lowest BCUT2D eigenvalue weighted by Gasteiger charge is -2.19. The minimum atomic E-state index is -0.178. The SMILES string of the molecule is COc1ccc(C(=O)Nc2ccc3c(c2)OCCO3)cc1C. The molecular formula is C17H17NO4. The maximum absolute atomic E-state index is 12.3. The molecule has 3 rings (SSSR count). The van der Waals surface area contributed by atoms with Crippen LogP contribution in [0.25, 0.3) is 0 Å². The van der Waals surface area contributed by atoms with Crippen LogP contribution in [0.4, 0.5) is 5.69 Å². The summed E-state index contributed by atoms with van der Waals surface area (Å²) in [6.45, 7) is 2.96. The van der Waals surface area contributed by atoms with Crippen LogP contribution in [-0.4, -0.2) is 26.2 Å². The Kier molecular flexibility index (Phi) is 3.87. The molecule has 0 atom stereocenters. The molecule has 1 amide bonds. The molecule has 1 aliphatic heterocycles. The van der Waals surface area contributed by atoms with E-state index in [4.69, 9.17) is 14.2 Å². The van der Waals surface area contributed by atoms with Crippen LogP contribution in [0.1, 0.15) is 15.9 Å². The number of rotatable bonds is 3. The van der Waals surface area contributed by atoms with Crippen LogP contribution in [0.15, 0.2) is 36.4 Å². The zero-order valence-corrected chi connectivity index (χ0v) is 12.5. The number of nitrogens with one attached hydrogen (secondary N) is 1. The second-order valence-corrected chi connectivity index (χ2v) is 5.00. The van der Waals surface area contributed by atoms with Crippen LogP contribution < -0.4 is 19.5 Å². The molecule has 0 aliphatic carbocycles. The van der Waals surface area contributed by atoms with Gasteiger partial charge in [0, 0.05) is 17.3 Å². The summed E-state index contributed by atoms with van der Waals surface area (Å²) in [6, 6.07) is 10.7. The number of hydrogen-bond donors (Lipinski definition) is 1. The third-order valence-corrected chi connectivity index (χ3v) is 3.46. The topological polar surface area (TPSA) is 56.8 Å². The number of anilines is 1. The van der Waals surface area contributed by atoms with Crippen LogP contribution in [0.3, 0.4) is 0 Å². The van der Waals surface area contributed by atoms with Gasteiger partial charge in [0.1, 0.15) is 19.0 Å². The summed E-state index contributed by atoms with van der Waals surface area (Å²) in [5.74, 6) is 1.93. The van der Waals surface area contributed by atoms with E-state index in [0.29, 0.717) is 36.0 Å². The molecule has 5 nitrogen and oxygen atoms in total. The van der Waals surface area contributed by atoms with Gasteiger partial charge in [-0.25, -0.2) is 0 Å². The molecule has 0 fully saturated rings. The molecule has 5 heteroatoms. The van der Waals surface area contributed by atoms with Crippen molar-refractivity contribution in [2.45, 2.75) is 6.92 Å². The molecule has 0 radical (unpaired) electrons. The second-order valence-electron chi connectivity index (χ2n) is 5.00. The Hall–Kier alpha value is -2.69. The molecule has 0 aromatic heterocycles. The van der Waals surface area contributed by atoms with E-state index in [2.05, 4.69) is 5.32 Å². The molecule has 0 saturated carbocycles. The van der Waals surface area contributed by atoms with E-state index in [1.807, 2.05) is 6.92 Å². The minimum absolute atomic E-state index is 0.178. The van der Waals surface area contributed by atoms with Gasteiger partial charge in [0.25, 0.3) is 5.91 Å². The Morgan fingerprint density at radius 1 is 1.09 bits per heavy atom. The highest BCUT2D eigenvalue weighted by Gasteiger charge is 2.14. The van der Waals surface area contributed by atoms with Crippen LogP contribution in [0.5, 0.6) is 17.2 Å². The highest BCUT2D eigenvalue weighted by molar-refractivity contribution is 6.04. The maximum atomic E-state index is 12.3. The number of carbonyl (C=O) groups is 1. The largest absolute Gasteiger partial charge is 0.496 e. The van der Waals surface area contributed by atoms with E-state index in [0.717, 1.165) is 11.3 Å². The molecule has 114 valence electrons. The van der Waals surface area contributed by atoms with Gasteiger partial charge in [-0.2, -0.15) is 0 Å². The van der Waals surface area contributed by atoms with Crippen molar-refractivity contribution >= 4 is 11.6 Å². The first-order chi connectivity index (χ1) is 10.7. The molecule has 1 aliphatic rings. The standard InChI is InChI=1S/C17H17NO4/c1-11-9-12(3-5-14(11)20-2)17(19)18-13-4-6-15-16(10-13)22-8-7-21-15/h3-6,9-10H,7-8H2,1-2H3,(H,18,19).